The zero-order chi connectivity index (χ0) is 34.9. The van der Waals surface area contributed by atoms with Crippen molar-refractivity contribution < 1.29 is 48.3 Å². The van der Waals surface area contributed by atoms with E-state index in [2.05, 4.69) is 9.97 Å². The summed E-state index contributed by atoms with van der Waals surface area (Å²) in [6, 6.07) is 12.2. The molecule has 2 aromatic carbocycles. The molecule has 0 aliphatic heterocycles. The first-order chi connectivity index (χ1) is 22.9. The van der Waals surface area contributed by atoms with Crippen LogP contribution in [0.1, 0.15) is 35.8 Å². The number of benzene rings is 2. The number of H-pyrrole nitrogens is 2. The summed E-state index contributed by atoms with van der Waals surface area (Å²) in [6.45, 7) is 0. The Balaban J connectivity index is 1.69. The molecular weight excluding hydrogens is 628 g/mol. The van der Waals surface area contributed by atoms with Crippen molar-refractivity contribution in [2.75, 3.05) is 28.4 Å². The Kier molecular flexibility index (Phi) is 9.18. The molecule has 14 heteroatoms. The van der Waals surface area contributed by atoms with Gasteiger partial charge in [-0.25, -0.2) is 0 Å². The van der Waals surface area contributed by atoms with E-state index in [0.717, 1.165) is 14.2 Å². The minimum Gasteiger partial charge on any atom is -0.504 e. The van der Waals surface area contributed by atoms with Gasteiger partial charge in [-0.15, -0.1) is 0 Å². The number of hydrogen-bond acceptors (Lipinski definition) is 12. The normalized spacial score (nSPS) is 14.7. The number of fused-ring (bicyclic) bond motifs is 2. The van der Waals surface area contributed by atoms with E-state index in [1.807, 2.05) is 0 Å². The second-order valence-electron chi connectivity index (χ2n) is 10.9. The lowest BCUT2D eigenvalue weighted by Crippen LogP contribution is -2.34. The number of ketones is 2. The Bertz CT molecular complexity index is 2030. The number of Topliss-reactive ketones (excluding diaryl/α,β-unsaturated/α-hetero) is 2. The van der Waals surface area contributed by atoms with E-state index < -0.39 is 82.0 Å². The summed E-state index contributed by atoms with van der Waals surface area (Å²) in [5.74, 6) is -9.10. The number of nitrogens with one attached hydrogen (secondary N) is 2. The van der Waals surface area contributed by atoms with Gasteiger partial charge in [0.25, 0.3) is 11.1 Å². The number of esters is 2. The second kappa shape index (κ2) is 13.3. The standard InChI is InChI=1S/C34H30N2O12/c1-45-17-5-7-23-15(9-17)11-21(33(43)35-23)19(13-25(37)47-3)27-29(39)31(41)28(32(42)30(27)40)20(14-26(38)48-4)22-12-16-10-18(46-2)6-8-24(16)36-34(22)44/h5-12,19-20,39,42H,13-14H2,1-4H3,(H,35,43)(H,36,44). The number of carbonyl (C=O) groups excluding carboxylic acids is 4. The molecule has 4 N–H and O–H groups in total. The molecule has 4 aromatic rings. The average Bonchev–Trinajstić information content (AvgIpc) is 3.08. The number of hydrogen-bond donors (Lipinski definition) is 4. The van der Waals surface area contributed by atoms with Gasteiger partial charge >= 0.3 is 11.9 Å². The first-order valence-corrected chi connectivity index (χ1v) is 14.4. The van der Waals surface area contributed by atoms with Crippen LogP contribution in [0.3, 0.4) is 0 Å². The van der Waals surface area contributed by atoms with Crippen LogP contribution in [0.5, 0.6) is 11.5 Å². The highest BCUT2D eigenvalue weighted by Crippen LogP contribution is 2.40. The number of aliphatic hydroxyl groups excluding tert-OH is 2. The zero-order valence-corrected chi connectivity index (χ0v) is 26.2. The lowest BCUT2D eigenvalue weighted by molar-refractivity contribution is -0.142. The van der Waals surface area contributed by atoms with Crippen LogP contribution < -0.4 is 20.6 Å². The fourth-order valence-electron chi connectivity index (χ4n) is 5.77. The summed E-state index contributed by atoms with van der Waals surface area (Å²) in [4.78, 5) is 84.9. The van der Waals surface area contributed by atoms with Crippen LogP contribution >= 0.6 is 0 Å². The van der Waals surface area contributed by atoms with Gasteiger partial charge in [0, 0.05) is 44.8 Å². The number of methoxy groups -OCH3 is 4. The van der Waals surface area contributed by atoms with Crippen LogP contribution in [0.25, 0.3) is 21.8 Å². The first-order valence-electron chi connectivity index (χ1n) is 14.4. The van der Waals surface area contributed by atoms with Crippen molar-refractivity contribution in [1.82, 2.24) is 9.97 Å². The maximum atomic E-state index is 13.9. The molecule has 5 rings (SSSR count). The van der Waals surface area contributed by atoms with Crippen molar-refractivity contribution >= 4 is 45.3 Å². The van der Waals surface area contributed by atoms with Crippen molar-refractivity contribution in [2.45, 2.75) is 24.7 Å². The monoisotopic (exact) mass is 658 g/mol. The van der Waals surface area contributed by atoms with E-state index in [0.29, 0.717) is 33.3 Å². The molecule has 0 amide bonds. The molecule has 2 atom stereocenters. The molecular formula is C34H30N2O12. The fourth-order valence-corrected chi connectivity index (χ4v) is 5.77. The molecule has 0 saturated heterocycles. The number of aromatic nitrogens is 2. The van der Waals surface area contributed by atoms with Gasteiger partial charge in [-0.3, -0.25) is 28.8 Å². The third-order valence-corrected chi connectivity index (χ3v) is 8.23. The SMILES string of the molecule is COC(=O)CC(C1=C(O)C(=O)C(C(CC(=O)OC)c2cc3cc(OC)ccc3[nH]c2=O)=C(O)C1=O)c1cc2cc(OC)ccc2[nH]c1=O. The van der Waals surface area contributed by atoms with Crippen LogP contribution in [0.4, 0.5) is 0 Å². The maximum absolute atomic E-state index is 13.9. The van der Waals surface area contributed by atoms with E-state index in [-0.39, 0.29) is 11.1 Å². The molecule has 0 saturated carbocycles. The number of rotatable bonds is 10. The molecule has 248 valence electrons. The molecule has 0 spiro atoms. The molecule has 2 unspecified atom stereocenters. The quantitative estimate of drug-likeness (QED) is 0.143. The Morgan fingerprint density at radius 2 is 1.00 bits per heavy atom. The van der Waals surface area contributed by atoms with E-state index in [4.69, 9.17) is 18.9 Å². The van der Waals surface area contributed by atoms with Crippen molar-refractivity contribution in [3.63, 3.8) is 0 Å². The predicted molar refractivity (Wildman–Crippen MR) is 170 cm³/mol. The number of pyridine rings is 2. The lowest BCUT2D eigenvalue weighted by Gasteiger charge is -2.27. The topological polar surface area (TPSA) is 211 Å². The molecule has 1 aliphatic carbocycles. The summed E-state index contributed by atoms with van der Waals surface area (Å²) in [5, 5.41) is 23.6. The molecule has 48 heavy (non-hydrogen) atoms. The van der Waals surface area contributed by atoms with Gasteiger partial charge in [-0.1, -0.05) is 0 Å². The van der Waals surface area contributed by atoms with Crippen LogP contribution in [0.2, 0.25) is 0 Å². The van der Waals surface area contributed by atoms with E-state index in [1.165, 1.54) is 26.4 Å². The Hall–Kier alpha value is -6.18. The second-order valence-corrected chi connectivity index (χ2v) is 10.9. The van der Waals surface area contributed by atoms with Gasteiger partial charge in [0.15, 0.2) is 11.5 Å². The molecule has 1 aliphatic rings. The van der Waals surface area contributed by atoms with Crippen LogP contribution in [-0.4, -0.2) is 72.1 Å². The highest BCUT2D eigenvalue weighted by molar-refractivity contribution is 6.24. The third-order valence-electron chi connectivity index (χ3n) is 8.23. The Labute approximate surface area is 271 Å². The van der Waals surface area contributed by atoms with Crippen molar-refractivity contribution in [3.8, 4) is 11.5 Å². The van der Waals surface area contributed by atoms with Crippen molar-refractivity contribution in [3.05, 3.63) is 103 Å². The van der Waals surface area contributed by atoms with Crippen LogP contribution in [-0.2, 0) is 28.7 Å². The van der Waals surface area contributed by atoms with Gasteiger partial charge < -0.3 is 39.1 Å². The van der Waals surface area contributed by atoms with Crippen LogP contribution in [0, 0.1) is 0 Å². The smallest absolute Gasteiger partial charge is 0.306 e. The molecule has 2 aromatic heterocycles. The largest absolute Gasteiger partial charge is 0.504 e. The van der Waals surface area contributed by atoms with Gasteiger partial charge in [0.05, 0.1) is 52.4 Å². The van der Waals surface area contributed by atoms with Gasteiger partial charge in [-0.05, 0) is 48.5 Å². The van der Waals surface area contributed by atoms with Crippen molar-refractivity contribution in [2.24, 2.45) is 0 Å². The van der Waals surface area contributed by atoms with E-state index >= 15 is 0 Å². The molecule has 14 nitrogen and oxygen atoms in total. The number of aliphatic hydroxyl groups is 2. The fraction of sp³-hybridized carbons (Fsp3) is 0.235. The van der Waals surface area contributed by atoms with E-state index in [1.54, 1.807) is 36.4 Å². The zero-order valence-electron chi connectivity index (χ0n) is 26.2. The third kappa shape index (κ3) is 6.02. The lowest BCUT2D eigenvalue weighted by atomic mass is 9.76. The number of allylic oxidation sites excluding steroid dienone is 2. The first kappa shape index (κ1) is 33.2. The summed E-state index contributed by atoms with van der Waals surface area (Å²) < 4.78 is 20.0. The number of ether oxygens (including phenoxy) is 4. The molecule has 0 fully saturated rings. The average molecular weight is 659 g/mol. The summed E-state index contributed by atoms with van der Waals surface area (Å²) in [7, 11) is 5.01. The van der Waals surface area contributed by atoms with Crippen LogP contribution in [0.15, 0.2) is 80.8 Å². The molecule has 0 radical (unpaired) electrons. The summed E-state index contributed by atoms with van der Waals surface area (Å²) in [5.41, 5.74) is -2.64. The summed E-state index contributed by atoms with van der Waals surface area (Å²) in [6.07, 6.45) is -1.37. The Morgan fingerprint density at radius 1 is 0.625 bits per heavy atom. The molecule has 0 bridgehead atoms. The number of aromatic amines is 2. The Morgan fingerprint density at radius 3 is 1.33 bits per heavy atom. The van der Waals surface area contributed by atoms with Gasteiger partial charge in [0.2, 0.25) is 11.6 Å². The van der Waals surface area contributed by atoms with Crippen molar-refractivity contribution in [1.29, 1.82) is 0 Å². The maximum Gasteiger partial charge on any atom is 0.306 e. The highest BCUT2D eigenvalue weighted by atomic mass is 16.5. The minimum atomic E-state index is -1.58. The van der Waals surface area contributed by atoms with Gasteiger partial charge in [0.1, 0.15) is 11.5 Å². The van der Waals surface area contributed by atoms with Gasteiger partial charge in [-0.2, -0.15) is 0 Å². The number of carbonyl (C=O) groups is 4. The summed E-state index contributed by atoms with van der Waals surface area (Å²) >= 11 is 0. The molecule has 2 heterocycles. The van der Waals surface area contributed by atoms with E-state index in [9.17, 15) is 39.0 Å². The minimum absolute atomic E-state index is 0.203. The highest BCUT2D eigenvalue weighted by Gasteiger charge is 2.44. The predicted octanol–water partition coefficient (Wildman–Crippen LogP) is 3.16.